The molecule has 1 fully saturated rings. The fourth-order valence-electron chi connectivity index (χ4n) is 2.61. The molecule has 124 valence electrons. The first kappa shape index (κ1) is 15.6. The van der Waals surface area contributed by atoms with E-state index in [0.29, 0.717) is 30.5 Å². The largest absolute Gasteiger partial charge is 0.481 e. The molecular formula is C15H19F2N5O. The van der Waals surface area contributed by atoms with E-state index < -0.39 is 5.92 Å². The van der Waals surface area contributed by atoms with Crippen LogP contribution in [0.5, 0.6) is 5.88 Å². The van der Waals surface area contributed by atoms with Crippen LogP contribution in [-0.2, 0) is 0 Å². The van der Waals surface area contributed by atoms with Gasteiger partial charge in [0.25, 0.3) is 0 Å². The summed E-state index contributed by atoms with van der Waals surface area (Å²) in [5, 5.41) is 7.44. The normalized spacial score (nSPS) is 17.9. The van der Waals surface area contributed by atoms with E-state index in [0.717, 1.165) is 5.69 Å². The van der Waals surface area contributed by atoms with Crippen LogP contribution < -0.4 is 10.1 Å². The average molecular weight is 323 g/mol. The number of nitrogens with one attached hydrogen (secondary N) is 1. The van der Waals surface area contributed by atoms with Gasteiger partial charge in [0.15, 0.2) is 5.82 Å². The number of nitrogens with zero attached hydrogens (tertiary/aromatic N) is 4. The molecule has 0 aromatic carbocycles. The maximum Gasteiger partial charge on any atom is 0.248 e. The summed E-state index contributed by atoms with van der Waals surface area (Å²) < 4.78 is 33.3. The van der Waals surface area contributed by atoms with Crippen molar-refractivity contribution < 1.29 is 13.5 Å². The molecule has 2 aromatic heterocycles. The fourth-order valence-corrected chi connectivity index (χ4v) is 2.61. The Hall–Kier alpha value is -2.25. The Morgan fingerprint density at radius 3 is 2.65 bits per heavy atom. The second-order valence-corrected chi connectivity index (χ2v) is 5.77. The Kier molecular flexibility index (Phi) is 4.14. The zero-order chi connectivity index (χ0) is 16.4. The van der Waals surface area contributed by atoms with Crippen LogP contribution in [-0.4, -0.2) is 38.8 Å². The fraction of sp³-hybridized carbons (Fsp3) is 0.533. The number of rotatable bonds is 4. The first-order valence-corrected chi connectivity index (χ1v) is 7.55. The molecule has 0 unspecified atom stereocenters. The van der Waals surface area contributed by atoms with Crippen LogP contribution in [0.1, 0.15) is 31.4 Å². The first-order valence-electron chi connectivity index (χ1n) is 7.55. The molecule has 0 spiro atoms. The molecule has 23 heavy (non-hydrogen) atoms. The van der Waals surface area contributed by atoms with Crippen LogP contribution >= 0.6 is 0 Å². The van der Waals surface area contributed by atoms with Crippen LogP contribution in [0.25, 0.3) is 5.82 Å². The first-order chi connectivity index (χ1) is 10.9. The summed E-state index contributed by atoms with van der Waals surface area (Å²) in [5.41, 5.74) is 0.867. The zero-order valence-corrected chi connectivity index (χ0v) is 13.1. The molecule has 2 aromatic rings. The number of ether oxygens (including phenoxy) is 1. The van der Waals surface area contributed by atoms with E-state index >= 15 is 0 Å². The summed E-state index contributed by atoms with van der Waals surface area (Å²) in [6, 6.07) is 3.48. The zero-order valence-electron chi connectivity index (χ0n) is 13.1. The SMILES string of the molecule is COc1cc(-n2ccc(C)n2)nc(NC2CCC(F)(F)CC2)n1. The lowest BCUT2D eigenvalue weighted by atomic mass is 9.92. The van der Waals surface area contributed by atoms with Crippen LogP contribution in [0.2, 0.25) is 0 Å². The number of aromatic nitrogens is 4. The molecule has 6 nitrogen and oxygen atoms in total. The van der Waals surface area contributed by atoms with Crippen molar-refractivity contribution in [1.82, 2.24) is 19.7 Å². The van der Waals surface area contributed by atoms with E-state index in [1.54, 1.807) is 16.9 Å². The highest BCUT2D eigenvalue weighted by atomic mass is 19.3. The van der Waals surface area contributed by atoms with E-state index in [1.165, 1.54) is 7.11 Å². The van der Waals surface area contributed by atoms with Crippen molar-refractivity contribution in [1.29, 1.82) is 0 Å². The molecule has 3 rings (SSSR count). The number of anilines is 1. The Morgan fingerprint density at radius 1 is 1.30 bits per heavy atom. The van der Waals surface area contributed by atoms with Gasteiger partial charge in [-0.1, -0.05) is 0 Å². The molecule has 2 heterocycles. The summed E-state index contributed by atoms with van der Waals surface area (Å²) in [4.78, 5) is 8.65. The minimum Gasteiger partial charge on any atom is -0.481 e. The van der Waals surface area contributed by atoms with E-state index in [1.807, 2.05) is 13.0 Å². The Balaban J connectivity index is 1.79. The van der Waals surface area contributed by atoms with Gasteiger partial charge in [-0.2, -0.15) is 15.1 Å². The van der Waals surface area contributed by atoms with E-state index in [-0.39, 0.29) is 18.9 Å². The molecule has 1 saturated carbocycles. The van der Waals surface area contributed by atoms with Crippen LogP contribution in [0.4, 0.5) is 14.7 Å². The summed E-state index contributed by atoms with van der Waals surface area (Å²) in [5.74, 6) is -1.23. The summed E-state index contributed by atoms with van der Waals surface area (Å²) in [6.45, 7) is 1.89. The van der Waals surface area contributed by atoms with Gasteiger partial charge < -0.3 is 10.1 Å². The molecule has 1 N–H and O–H groups in total. The second-order valence-electron chi connectivity index (χ2n) is 5.77. The minimum atomic E-state index is -2.55. The highest BCUT2D eigenvalue weighted by Gasteiger charge is 2.35. The summed E-state index contributed by atoms with van der Waals surface area (Å²) in [7, 11) is 1.52. The maximum atomic E-state index is 13.2. The van der Waals surface area contributed by atoms with Crippen LogP contribution in [0.15, 0.2) is 18.3 Å². The number of halogens is 2. The number of hydrogen-bond donors (Lipinski definition) is 1. The molecule has 0 radical (unpaired) electrons. The van der Waals surface area contributed by atoms with Crippen molar-refractivity contribution in [3.8, 4) is 11.7 Å². The maximum absolute atomic E-state index is 13.2. The molecule has 8 heteroatoms. The second kappa shape index (κ2) is 6.10. The van der Waals surface area contributed by atoms with Gasteiger partial charge in [-0.25, -0.2) is 13.5 Å². The topological polar surface area (TPSA) is 64.9 Å². The Morgan fingerprint density at radius 2 is 2.04 bits per heavy atom. The van der Waals surface area contributed by atoms with E-state index in [4.69, 9.17) is 4.74 Å². The summed E-state index contributed by atoms with van der Waals surface area (Å²) in [6.07, 6.45) is 2.36. The number of alkyl halides is 2. The molecule has 0 aliphatic heterocycles. The van der Waals surface area contributed by atoms with E-state index in [2.05, 4.69) is 20.4 Å². The highest BCUT2D eigenvalue weighted by molar-refractivity contribution is 5.38. The van der Waals surface area contributed by atoms with Gasteiger partial charge in [-0.3, -0.25) is 0 Å². The monoisotopic (exact) mass is 323 g/mol. The molecule has 1 aliphatic carbocycles. The summed E-state index contributed by atoms with van der Waals surface area (Å²) >= 11 is 0. The number of aryl methyl sites for hydroxylation is 1. The quantitative estimate of drug-likeness (QED) is 0.937. The number of methoxy groups -OCH3 is 1. The predicted molar refractivity (Wildman–Crippen MR) is 81.3 cm³/mol. The molecule has 0 amide bonds. The smallest absolute Gasteiger partial charge is 0.248 e. The number of hydrogen-bond acceptors (Lipinski definition) is 5. The molecule has 0 saturated heterocycles. The standard InChI is InChI=1S/C15H19F2N5O/c1-10-5-8-22(21-10)12-9-13(23-2)20-14(19-12)18-11-3-6-15(16,17)7-4-11/h5,8-9,11H,3-4,6-7H2,1-2H3,(H,18,19,20). The predicted octanol–water partition coefficient (Wildman–Crippen LogP) is 2.97. The lowest BCUT2D eigenvalue weighted by Crippen LogP contribution is -2.32. The third-order valence-corrected chi connectivity index (χ3v) is 3.91. The van der Waals surface area contributed by atoms with Crippen molar-refractivity contribution in [2.45, 2.75) is 44.6 Å². The lowest BCUT2D eigenvalue weighted by molar-refractivity contribution is -0.0361. The van der Waals surface area contributed by atoms with Crippen molar-refractivity contribution in [3.05, 3.63) is 24.0 Å². The van der Waals surface area contributed by atoms with Crippen molar-refractivity contribution >= 4 is 5.95 Å². The van der Waals surface area contributed by atoms with Gasteiger partial charge in [-0.05, 0) is 25.8 Å². The van der Waals surface area contributed by atoms with Gasteiger partial charge in [0.05, 0.1) is 12.8 Å². The van der Waals surface area contributed by atoms with E-state index in [9.17, 15) is 8.78 Å². The lowest BCUT2D eigenvalue weighted by Gasteiger charge is -2.28. The van der Waals surface area contributed by atoms with Crippen LogP contribution in [0, 0.1) is 6.92 Å². The Labute approximate surface area is 132 Å². The third-order valence-electron chi connectivity index (χ3n) is 3.91. The van der Waals surface area contributed by atoms with Crippen molar-refractivity contribution in [2.75, 3.05) is 12.4 Å². The van der Waals surface area contributed by atoms with Gasteiger partial charge in [0.2, 0.25) is 17.8 Å². The van der Waals surface area contributed by atoms with Gasteiger partial charge in [0, 0.05) is 31.1 Å². The third kappa shape index (κ3) is 3.75. The van der Waals surface area contributed by atoms with Gasteiger partial charge >= 0.3 is 0 Å². The van der Waals surface area contributed by atoms with Crippen molar-refractivity contribution in [3.63, 3.8) is 0 Å². The molecular weight excluding hydrogens is 304 g/mol. The molecule has 0 atom stereocenters. The van der Waals surface area contributed by atoms with Crippen molar-refractivity contribution in [2.24, 2.45) is 0 Å². The molecule has 1 aliphatic rings. The van der Waals surface area contributed by atoms with Crippen LogP contribution in [0.3, 0.4) is 0 Å². The highest BCUT2D eigenvalue weighted by Crippen LogP contribution is 2.34. The Bertz CT molecular complexity index is 678. The average Bonchev–Trinajstić information content (AvgIpc) is 2.96. The van der Waals surface area contributed by atoms with Gasteiger partial charge in [0.1, 0.15) is 0 Å². The molecule has 0 bridgehead atoms. The van der Waals surface area contributed by atoms with Gasteiger partial charge in [-0.15, -0.1) is 0 Å². The minimum absolute atomic E-state index is 0.0612.